The van der Waals surface area contributed by atoms with Crippen LogP contribution in [0.5, 0.6) is 11.5 Å². The highest BCUT2D eigenvalue weighted by Gasteiger charge is 2.51. The average Bonchev–Trinajstić information content (AvgIpc) is 3.03. The minimum Gasteiger partial charge on any atom is -0.493 e. The Morgan fingerprint density at radius 3 is 2.25 bits per heavy atom. The molecule has 7 heteroatoms. The molecule has 4 aromatic rings. The number of hydrazone groups is 1. The van der Waals surface area contributed by atoms with Crippen molar-refractivity contribution in [3.05, 3.63) is 102 Å². The van der Waals surface area contributed by atoms with Gasteiger partial charge in [-0.05, 0) is 126 Å². The van der Waals surface area contributed by atoms with Crippen LogP contribution < -0.4 is 20.2 Å². The van der Waals surface area contributed by atoms with Crippen LogP contribution in [0.3, 0.4) is 0 Å². The first-order chi connectivity index (χ1) is 21.5. The van der Waals surface area contributed by atoms with Gasteiger partial charge in [0.2, 0.25) is 0 Å². The number of rotatable bonds is 9. The van der Waals surface area contributed by atoms with Crippen molar-refractivity contribution >= 4 is 34.5 Å². The Labute approximate surface area is 257 Å². The molecule has 0 aromatic heterocycles. The fourth-order valence-corrected chi connectivity index (χ4v) is 8.16. The number of amides is 2. The zero-order valence-electron chi connectivity index (χ0n) is 24.9. The third kappa shape index (κ3) is 5.79. The van der Waals surface area contributed by atoms with Gasteiger partial charge in [-0.3, -0.25) is 9.59 Å². The van der Waals surface area contributed by atoms with Crippen molar-refractivity contribution in [3.63, 3.8) is 0 Å². The predicted molar refractivity (Wildman–Crippen MR) is 172 cm³/mol. The van der Waals surface area contributed by atoms with E-state index in [-0.39, 0.29) is 18.4 Å². The van der Waals surface area contributed by atoms with Gasteiger partial charge < -0.3 is 14.8 Å². The van der Waals surface area contributed by atoms with Crippen molar-refractivity contribution in [1.29, 1.82) is 0 Å². The molecule has 4 aliphatic carbocycles. The highest BCUT2D eigenvalue weighted by molar-refractivity contribution is 5.99. The molecule has 0 aliphatic heterocycles. The summed E-state index contributed by atoms with van der Waals surface area (Å²) in [5.74, 6) is 3.07. The van der Waals surface area contributed by atoms with Gasteiger partial charge in [0.15, 0.2) is 18.1 Å². The van der Waals surface area contributed by atoms with Crippen LogP contribution in [-0.2, 0) is 10.2 Å². The summed E-state index contributed by atoms with van der Waals surface area (Å²) in [6.45, 7) is -0.150. The summed E-state index contributed by atoms with van der Waals surface area (Å²) in [6.07, 6.45) is 9.80. The molecule has 0 saturated heterocycles. The molecule has 7 nitrogen and oxygen atoms in total. The van der Waals surface area contributed by atoms with Gasteiger partial charge >= 0.3 is 0 Å². The van der Waals surface area contributed by atoms with Crippen LogP contribution in [0.4, 0.5) is 5.69 Å². The van der Waals surface area contributed by atoms with Gasteiger partial charge in [0.05, 0.1) is 13.3 Å². The van der Waals surface area contributed by atoms with Crippen molar-refractivity contribution in [1.82, 2.24) is 5.43 Å². The van der Waals surface area contributed by atoms with Crippen LogP contribution in [0, 0.1) is 17.8 Å². The fourth-order valence-electron chi connectivity index (χ4n) is 8.16. The number of carbonyl (C=O) groups is 2. The lowest BCUT2D eigenvalue weighted by Crippen LogP contribution is -2.48. The minimum absolute atomic E-state index is 0.150. The highest BCUT2D eigenvalue weighted by Crippen LogP contribution is 2.60. The monoisotopic (exact) mass is 587 g/mol. The second-order valence-corrected chi connectivity index (χ2v) is 12.8. The van der Waals surface area contributed by atoms with Gasteiger partial charge in [-0.1, -0.05) is 42.5 Å². The van der Waals surface area contributed by atoms with Crippen molar-refractivity contribution in [2.45, 2.75) is 43.9 Å². The standard InChI is InChI=1S/C37H37N3O4/c1-43-34-17-24(22-38-40-36(42)30-8-7-28-4-2-3-5-29(28)18-30)6-13-33(34)44-23-35(41)39-32-11-9-31(10-12-32)37-19-25-14-26(20-37)16-27(15-25)21-37/h2-13,17-18,22,25-27H,14-16,19-21,23H2,1H3,(H,39,41)(H,40,42)/b38-22-. The molecule has 8 rings (SSSR count). The first-order valence-electron chi connectivity index (χ1n) is 15.5. The Balaban J connectivity index is 0.922. The SMILES string of the molecule is COc1cc(/C=N\NC(=O)c2ccc3ccccc3c2)ccc1OCC(=O)Nc1ccc(C23CC4CC(CC(C4)C2)C3)cc1. The zero-order valence-corrected chi connectivity index (χ0v) is 24.9. The Morgan fingerprint density at radius 2 is 1.55 bits per heavy atom. The van der Waals surface area contributed by atoms with E-state index in [1.54, 1.807) is 24.3 Å². The molecule has 2 N–H and O–H groups in total. The van der Waals surface area contributed by atoms with E-state index in [2.05, 4.69) is 28.0 Å². The topological polar surface area (TPSA) is 89.0 Å². The molecule has 0 radical (unpaired) electrons. The lowest BCUT2D eigenvalue weighted by molar-refractivity contribution is -0.118. The maximum Gasteiger partial charge on any atom is 0.271 e. The van der Waals surface area contributed by atoms with Crippen molar-refractivity contribution in [2.24, 2.45) is 22.9 Å². The summed E-state index contributed by atoms with van der Waals surface area (Å²) < 4.78 is 11.3. The van der Waals surface area contributed by atoms with E-state index >= 15 is 0 Å². The van der Waals surface area contributed by atoms with E-state index < -0.39 is 0 Å². The second-order valence-electron chi connectivity index (χ2n) is 12.8. The third-order valence-corrected chi connectivity index (χ3v) is 9.76. The number of nitrogens with one attached hydrogen (secondary N) is 2. The van der Waals surface area contributed by atoms with E-state index in [1.165, 1.54) is 57.4 Å². The molecule has 4 aliphatic rings. The minimum atomic E-state index is -0.299. The summed E-state index contributed by atoms with van der Waals surface area (Å²) in [6, 6.07) is 27.1. The molecular formula is C37H37N3O4. The van der Waals surface area contributed by atoms with Gasteiger partial charge in [-0.25, -0.2) is 5.43 Å². The normalized spacial score (nSPS) is 23.5. The summed E-state index contributed by atoms with van der Waals surface area (Å²) in [7, 11) is 1.54. The van der Waals surface area contributed by atoms with Gasteiger partial charge in [0.1, 0.15) is 0 Å². The lowest BCUT2D eigenvalue weighted by atomic mass is 9.48. The molecule has 0 atom stereocenters. The number of fused-ring (bicyclic) bond motifs is 1. The number of anilines is 1. The first kappa shape index (κ1) is 28.1. The molecular weight excluding hydrogens is 550 g/mol. The van der Waals surface area contributed by atoms with E-state index in [0.29, 0.717) is 28.0 Å². The molecule has 0 spiro atoms. The van der Waals surface area contributed by atoms with Gasteiger partial charge in [-0.2, -0.15) is 5.10 Å². The smallest absolute Gasteiger partial charge is 0.271 e. The van der Waals surface area contributed by atoms with Crippen LogP contribution in [0.2, 0.25) is 0 Å². The highest BCUT2D eigenvalue weighted by atomic mass is 16.5. The van der Waals surface area contributed by atoms with Gasteiger partial charge in [0, 0.05) is 11.3 Å². The molecule has 4 aromatic carbocycles. The number of nitrogens with zero attached hydrogens (tertiary/aromatic N) is 1. The number of ether oxygens (including phenoxy) is 2. The maximum absolute atomic E-state index is 12.7. The van der Waals surface area contributed by atoms with Crippen LogP contribution in [0.15, 0.2) is 90.0 Å². The Morgan fingerprint density at radius 1 is 0.841 bits per heavy atom. The molecule has 0 unspecified atom stereocenters. The third-order valence-electron chi connectivity index (χ3n) is 9.76. The van der Waals surface area contributed by atoms with E-state index in [4.69, 9.17) is 9.47 Å². The number of methoxy groups -OCH3 is 1. The molecule has 4 fully saturated rings. The number of hydrogen-bond donors (Lipinski definition) is 2. The van der Waals surface area contributed by atoms with Crippen LogP contribution in [0.25, 0.3) is 10.8 Å². The quantitative estimate of drug-likeness (QED) is 0.162. The largest absolute Gasteiger partial charge is 0.493 e. The van der Waals surface area contributed by atoms with Crippen LogP contribution >= 0.6 is 0 Å². The van der Waals surface area contributed by atoms with Crippen LogP contribution in [0.1, 0.15) is 60.0 Å². The van der Waals surface area contributed by atoms with Crippen LogP contribution in [-0.4, -0.2) is 31.7 Å². The zero-order chi connectivity index (χ0) is 30.1. The summed E-state index contributed by atoms with van der Waals surface area (Å²) in [5.41, 5.74) is 6.36. The first-order valence-corrected chi connectivity index (χ1v) is 15.5. The maximum atomic E-state index is 12.7. The average molecular weight is 588 g/mol. The van der Waals surface area contributed by atoms with Gasteiger partial charge in [0.25, 0.3) is 11.8 Å². The summed E-state index contributed by atoms with van der Waals surface area (Å²) >= 11 is 0. The predicted octanol–water partition coefficient (Wildman–Crippen LogP) is 7.10. The molecule has 0 heterocycles. The lowest BCUT2D eigenvalue weighted by Gasteiger charge is -2.57. The fraction of sp³-hybridized carbons (Fsp3) is 0.324. The summed E-state index contributed by atoms with van der Waals surface area (Å²) in [4.78, 5) is 25.3. The van der Waals surface area contributed by atoms with Crippen molar-refractivity contribution in [3.8, 4) is 11.5 Å². The number of benzene rings is 4. The molecule has 4 bridgehead atoms. The summed E-state index contributed by atoms with van der Waals surface area (Å²) in [5, 5.41) is 9.11. The Hall–Kier alpha value is -4.65. The molecule has 2 amide bonds. The van der Waals surface area contributed by atoms with Crippen molar-refractivity contribution in [2.75, 3.05) is 19.0 Å². The number of hydrogen-bond acceptors (Lipinski definition) is 5. The Bertz CT molecular complexity index is 1690. The van der Waals surface area contributed by atoms with Crippen molar-refractivity contribution < 1.29 is 19.1 Å². The van der Waals surface area contributed by atoms with Gasteiger partial charge in [-0.15, -0.1) is 0 Å². The van der Waals surface area contributed by atoms with E-state index in [0.717, 1.165) is 34.2 Å². The number of carbonyl (C=O) groups excluding carboxylic acids is 2. The molecule has 44 heavy (non-hydrogen) atoms. The Kier molecular flexibility index (Phi) is 7.54. The molecule has 224 valence electrons. The second kappa shape index (κ2) is 11.8. The van der Waals surface area contributed by atoms with E-state index in [9.17, 15) is 9.59 Å². The molecule has 4 saturated carbocycles. The van der Waals surface area contributed by atoms with E-state index in [1.807, 2.05) is 48.5 Å².